The second-order valence-corrected chi connectivity index (χ2v) is 4.81. The minimum absolute atomic E-state index is 0.205. The Morgan fingerprint density at radius 1 is 1.40 bits per heavy atom. The summed E-state index contributed by atoms with van der Waals surface area (Å²) in [5.74, 6) is -1.41. The lowest BCUT2D eigenvalue weighted by molar-refractivity contribution is -0.147. The summed E-state index contributed by atoms with van der Waals surface area (Å²) in [6.07, 6.45) is -0.468. The fourth-order valence-corrected chi connectivity index (χ4v) is 1.42. The zero-order chi connectivity index (χ0) is 12.1. The minimum atomic E-state index is -0.863. The second-order valence-electron chi connectivity index (χ2n) is 4.81. The number of rotatable bonds is 6. The van der Waals surface area contributed by atoms with Crippen molar-refractivity contribution in [1.82, 2.24) is 0 Å². The maximum absolute atomic E-state index is 11.0. The van der Waals surface area contributed by atoms with Crippen LogP contribution in [-0.4, -0.2) is 35.5 Å². The fraction of sp³-hybridized carbons (Fsp3) is 0.909. The summed E-state index contributed by atoms with van der Waals surface area (Å²) < 4.78 is 5.05. The summed E-state index contributed by atoms with van der Waals surface area (Å²) in [4.78, 5) is 11.0. The molecule has 0 amide bonds. The molecule has 0 spiro atoms. The van der Waals surface area contributed by atoms with E-state index in [0.717, 1.165) is 0 Å². The molecule has 90 valence electrons. The molecule has 0 aromatic heterocycles. The smallest absolute Gasteiger partial charge is 0.307 e. The molecule has 0 aliphatic carbocycles. The Morgan fingerprint density at radius 3 is 2.27 bits per heavy atom. The van der Waals surface area contributed by atoms with Crippen LogP contribution in [0.25, 0.3) is 0 Å². The molecule has 0 saturated carbocycles. The van der Waals surface area contributed by atoms with Gasteiger partial charge in [0.05, 0.1) is 18.6 Å². The first-order valence-electron chi connectivity index (χ1n) is 5.27. The van der Waals surface area contributed by atoms with Crippen molar-refractivity contribution < 1.29 is 19.7 Å². The van der Waals surface area contributed by atoms with Crippen LogP contribution >= 0.6 is 0 Å². The molecule has 2 unspecified atom stereocenters. The summed E-state index contributed by atoms with van der Waals surface area (Å²) in [5, 5.41) is 18.6. The number of aliphatic carboxylic acids is 1. The number of aliphatic hydroxyl groups is 1. The first kappa shape index (κ1) is 14.4. The number of carboxylic acids is 1. The van der Waals surface area contributed by atoms with Crippen LogP contribution in [0.5, 0.6) is 0 Å². The van der Waals surface area contributed by atoms with Crippen molar-refractivity contribution in [3.63, 3.8) is 0 Å². The molecule has 0 rings (SSSR count). The lowest BCUT2D eigenvalue weighted by atomic mass is 9.77. The molecule has 4 nitrogen and oxygen atoms in total. The first-order chi connectivity index (χ1) is 6.79. The maximum atomic E-state index is 11.0. The molecular weight excluding hydrogens is 196 g/mol. The van der Waals surface area contributed by atoms with E-state index in [2.05, 4.69) is 0 Å². The van der Waals surface area contributed by atoms with Crippen LogP contribution in [0.2, 0.25) is 0 Å². The molecule has 0 aliphatic heterocycles. The molecule has 2 N–H and O–H groups in total. The molecule has 0 aromatic carbocycles. The van der Waals surface area contributed by atoms with Crippen LogP contribution in [0.1, 0.15) is 34.1 Å². The minimum Gasteiger partial charge on any atom is -0.481 e. The number of hydrogen-bond acceptors (Lipinski definition) is 3. The highest BCUT2D eigenvalue weighted by molar-refractivity contribution is 5.70. The molecular formula is C11H22O4. The van der Waals surface area contributed by atoms with Crippen LogP contribution in [0.4, 0.5) is 0 Å². The van der Waals surface area contributed by atoms with Crippen LogP contribution in [-0.2, 0) is 9.53 Å². The van der Waals surface area contributed by atoms with E-state index in [9.17, 15) is 9.90 Å². The molecule has 2 atom stereocenters. The highest BCUT2D eigenvalue weighted by atomic mass is 16.5. The van der Waals surface area contributed by atoms with Gasteiger partial charge in [0, 0.05) is 6.61 Å². The SMILES string of the molecule is CCOCC(O)CC(C(=O)O)C(C)(C)C. The predicted molar refractivity (Wildman–Crippen MR) is 57.7 cm³/mol. The molecule has 0 heterocycles. The average molecular weight is 218 g/mol. The molecule has 0 bridgehead atoms. The van der Waals surface area contributed by atoms with E-state index < -0.39 is 18.0 Å². The van der Waals surface area contributed by atoms with Crippen LogP contribution < -0.4 is 0 Å². The van der Waals surface area contributed by atoms with Crippen molar-refractivity contribution >= 4 is 5.97 Å². The van der Waals surface area contributed by atoms with Crippen LogP contribution in [0, 0.1) is 11.3 Å². The van der Waals surface area contributed by atoms with Crippen molar-refractivity contribution in [3.05, 3.63) is 0 Å². The monoisotopic (exact) mass is 218 g/mol. The largest absolute Gasteiger partial charge is 0.481 e. The van der Waals surface area contributed by atoms with Crippen molar-refractivity contribution in [1.29, 1.82) is 0 Å². The van der Waals surface area contributed by atoms with Gasteiger partial charge in [-0.05, 0) is 18.8 Å². The van der Waals surface area contributed by atoms with Gasteiger partial charge in [-0.2, -0.15) is 0 Å². The second kappa shape index (κ2) is 6.08. The highest BCUT2D eigenvalue weighted by Crippen LogP contribution is 2.29. The van der Waals surface area contributed by atoms with Gasteiger partial charge < -0.3 is 14.9 Å². The number of ether oxygens (including phenoxy) is 1. The standard InChI is InChI=1S/C11H22O4/c1-5-15-7-8(12)6-9(10(13)14)11(2,3)4/h8-9,12H,5-7H2,1-4H3,(H,13,14). The van der Waals surface area contributed by atoms with E-state index in [1.54, 1.807) is 0 Å². The van der Waals surface area contributed by atoms with Gasteiger partial charge in [-0.1, -0.05) is 20.8 Å². The third-order valence-electron chi connectivity index (χ3n) is 2.37. The van der Waals surface area contributed by atoms with E-state index in [4.69, 9.17) is 9.84 Å². The number of hydrogen-bond donors (Lipinski definition) is 2. The Hall–Kier alpha value is -0.610. The summed E-state index contributed by atoms with van der Waals surface area (Å²) in [5.41, 5.74) is -0.348. The summed E-state index contributed by atoms with van der Waals surface area (Å²) in [6.45, 7) is 8.16. The lowest BCUT2D eigenvalue weighted by Gasteiger charge is -2.28. The van der Waals surface area contributed by atoms with E-state index in [1.165, 1.54) is 0 Å². The van der Waals surface area contributed by atoms with E-state index >= 15 is 0 Å². The molecule has 0 radical (unpaired) electrons. The summed E-state index contributed by atoms with van der Waals surface area (Å²) in [6, 6.07) is 0. The zero-order valence-corrected chi connectivity index (χ0v) is 9.99. The molecule has 15 heavy (non-hydrogen) atoms. The quantitative estimate of drug-likeness (QED) is 0.709. The van der Waals surface area contributed by atoms with Crippen molar-refractivity contribution in [2.75, 3.05) is 13.2 Å². The topological polar surface area (TPSA) is 66.8 Å². The molecule has 0 aromatic rings. The van der Waals surface area contributed by atoms with Gasteiger partial charge in [-0.3, -0.25) is 4.79 Å². The summed E-state index contributed by atoms with van der Waals surface area (Å²) >= 11 is 0. The Kier molecular flexibility index (Phi) is 5.83. The maximum Gasteiger partial charge on any atom is 0.307 e. The van der Waals surface area contributed by atoms with Gasteiger partial charge in [-0.15, -0.1) is 0 Å². The lowest BCUT2D eigenvalue weighted by Crippen LogP contribution is -2.33. The fourth-order valence-electron chi connectivity index (χ4n) is 1.42. The first-order valence-corrected chi connectivity index (χ1v) is 5.27. The van der Waals surface area contributed by atoms with Gasteiger partial charge in [0.25, 0.3) is 0 Å². The molecule has 0 saturated heterocycles. The predicted octanol–water partition coefficient (Wildman–Crippen LogP) is 1.52. The van der Waals surface area contributed by atoms with Crippen molar-refractivity contribution in [2.24, 2.45) is 11.3 Å². The third-order valence-corrected chi connectivity index (χ3v) is 2.37. The molecule has 0 fully saturated rings. The van der Waals surface area contributed by atoms with E-state index in [0.29, 0.717) is 6.61 Å². The van der Waals surface area contributed by atoms with E-state index in [1.807, 2.05) is 27.7 Å². The summed E-state index contributed by atoms with van der Waals surface area (Å²) in [7, 11) is 0. The van der Waals surface area contributed by atoms with E-state index in [-0.39, 0.29) is 18.4 Å². The normalized spacial score (nSPS) is 16.1. The Bertz CT molecular complexity index is 195. The van der Waals surface area contributed by atoms with Crippen LogP contribution in [0.15, 0.2) is 0 Å². The number of aliphatic hydroxyl groups excluding tert-OH is 1. The number of carboxylic acid groups (broad SMARTS) is 1. The van der Waals surface area contributed by atoms with Gasteiger partial charge in [0.1, 0.15) is 0 Å². The Balaban J connectivity index is 4.24. The Morgan fingerprint density at radius 2 is 1.93 bits per heavy atom. The van der Waals surface area contributed by atoms with Crippen molar-refractivity contribution in [3.8, 4) is 0 Å². The molecule has 4 heteroatoms. The van der Waals surface area contributed by atoms with Gasteiger partial charge >= 0.3 is 5.97 Å². The Labute approximate surface area is 91.3 Å². The molecule has 0 aliphatic rings. The van der Waals surface area contributed by atoms with Crippen LogP contribution in [0.3, 0.4) is 0 Å². The zero-order valence-electron chi connectivity index (χ0n) is 9.99. The van der Waals surface area contributed by atoms with Crippen molar-refractivity contribution in [2.45, 2.75) is 40.2 Å². The van der Waals surface area contributed by atoms with Gasteiger partial charge in [-0.25, -0.2) is 0 Å². The average Bonchev–Trinajstić information content (AvgIpc) is 2.08. The third kappa shape index (κ3) is 5.74. The highest BCUT2D eigenvalue weighted by Gasteiger charge is 2.32. The van der Waals surface area contributed by atoms with Gasteiger partial charge in [0.15, 0.2) is 0 Å². The number of carbonyl (C=O) groups is 1. The van der Waals surface area contributed by atoms with Gasteiger partial charge in [0.2, 0.25) is 0 Å².